The maximum absolute atomic E-state index is 14.3. The van der Waals surface area contributed by atoms with Gasteiger partial charge in [0.15, 0.2) is 0 Å². The molecule has 3 aromatic rings. The Morgan fingerprint density at radius 1 is 1.06 bits per heavy atom. The minimum Gasteiger partial charge on any atom is -0.325 e. The number of carbonyl (C=O) groups is 3. The lowest BCUT2D eigenvalue weighted by molar-refractivity contribution is -0.127. The van der Waals surface area contributed by atoms with Gasteiger partial charge in [0, 0.05) is 17.1 Å². The van der Waals surface area contributed by atoms with Crippen LogP contribution in [0.2, 0.25) is 0 Å². The number of thioether (sulfide) groups is 1. The van der Waals surface area contributed by atoms with Crippen LogP contribution in [0.3, 0.4) is 0 Å². The van der Waals surface area contributed by atoms with Crippen LogP contribution in [0, 0.1) is 26.6 Å². The van der Waals surface area contributed by atoms with Crippen LogP contribution < -0.4 is 5.32 Å². The standard InChI is InChI=1S/C25H22FN3O3S/c1-15-8-10-19(11-9-15)27-23(30)14-28-24(31)22(33-25(28)32)13-18-12-16(2)29(17(18)3)21-7-5-4-6-20(21)26/h4-13H,14H2,1-3H3,(H,27,30)/b22-13+. The number of aryl methyl sites for hydroxylation is 2. The smallest absolute Gasteiger partial charge is 0.294 e. The van der Waals surface area contributed by atoms with Gasteiger partial charge in [-0.3, -0.25) is 19.3 Å². The zero-order valence-corrected chi connectivity index (χ0v) is 19.2. The molecule has 2 heterocycles. The van der Waals surface area contributed by atoms with E-state index < -0.39 is 17.1 Å². The molecule has 1 aliphatic heterocycles. The van der Waals surface area contributed by atoms with E-state index in [2.05, 4.69) is 5.32 Å². The van der Waals surface area contributed by atoms with E-state index in [1.807, 2.05) is 39.0 Å². The van der Waals surface area contributed by atoms with E-state index in [9.17, 15) is 18.8 Å². The second-order valence-corrected chi connectivity index (χ2v) is 8.79. The van der Waals surface area contributed by atoms with Gasteiger partial charge in [-0.05, 0) is 74.5 Å². The second kappa shape index (κ2) is 9.07. The first kappa shape index (κ1) is 22.5. The van der Waals surface area contributed by atoms with Crippen molar-refractivity contribution in [3.8, 4) is 5.69 Å². The van der Waals surface area contributed by atoms with Crippen molar-refractivity contribution >= 4 is 40.6 Å². The lowest BCUT2D eigenvalue weighted by atomic mass is 10.2. The fraction of sp³-hybridized carbons (Fsp3) is 0.160. The van der Waals surface area contributed by atoms with Crippen LogP contribution in [0.1, 0.15) is 22.5 Å². The Morgan fingerprint density at radius 2 is 1.76 bits per heavy atom. The van der Waals surface area contributed by atoms with Gasteiger partial charge in [0.05, 0.1) is 10.6 Å². The number of carbonyl (C=O) groups excluding carboxylic acids is 3. The normalized spacial score (nSPS) is 14.9. The number of aromatic nitrogens is 1. The van der Waals surface area contributed by atoms with Crippen LogP contribution in [0.25, 0.3) is 11.8 Å². The first-order chi connectivity index (χ1) is 15.7. The van der Waals surface area contributed by atoms with Gasteiger partial charge in [0.2, 0.25) is 5.91 Å². The first-order valence-electron chi connectivity index (χ1n) is 10.3. The van der Waals surface area contributed by atoms with E-state index in [4.69, 9.17) is 0 Å². The lowest BCUT2D eigenvalue weighted by Crippen LogP contribution is -2.36. The average molecular weight is 464 g/mol. The largest absolute Gasteiger partial charge is 0.325 e. The number of imide groups is 1. The zero-order valence-electron chi connectivity index (χ0n) is 18.4. The van der Waals surface area contributed by atoms with Crippen molar-refractivity contribution in [1.29, 1.82) is 0 Å². The molecule has 2 aromatic carbocycles. The summed E-state index contributed by atoms with van der Waals surface area (Å²) < 4.78 is 16.1. The molecule has 0 aliphatic carbocycles. The maximum Gasteiger partial charge on any atom is 0.294 e. The number of anilines is 1. The van der Waals surface area contributed by atoms with E-state index in [1.54, 1.807) is 41.0 Å². The summed E-state index contributed by atoms with van der Waals surface area (Å²) in [5.41, 5.74) is 4.28. The highest BCUT2D eigenvalue weighted by Crippen LogP contribution is 2.34. The van der Waals surface area contributed by atoms with Crippen LogP contribution >= 0.6 is 11.8 Å². The molecule has 0 radical (unpaired) electrons. The molecule has 0 bridgehead atoms. The Hall–Kier alpha value is -3.65. The van der Waals surface area contributed by atoms with Crippen LogP contribution in [0.15, 0.2) is 59.5 Å². The summed E-state index contributed by atoms with van der Waals surface area (Å²) in [5, 5.41) is 2.19. The number of hydrogen-bond acceptors (Lipinski definition) is 4. The molecule has 168 valence electrons. The highest BCUT2D eigenvalue weighted by atomic mass is 32.2. The minimum absolute atomic E-state index is 0.219. The number of nitrogens with zero attached hydrogens (tertiary/aromatic N) is 2. The molecule has 0 unspecified atom stereocenters. The molecular weight excluding hydrogens is 441 g/mol. The van der Waals surface area contributed by atoms with Gasteiger partial charge >= 0.3 is 0 Å². The molecule has 1 saturated heterocycles. The molecule has 3 amide bonds. The number of benzene rings is 2. The number of halogens is 1. The second-order valence-electron chi connectivity index (χ2n) is 7.80. The molecule has 1 aromatic heterocycles. The van der Waals surface area contributed by atoms with Crippen LogP contribution in [0.5, 0.6) is 0 Å². The Balaban J connectivity index is 1.53. The minimum atomic E-state index is -0.528. The molecule has 1 aliphatic rings. The van der Waals surface area contributed by atoms with Crippen LogP contribution in [-0.2, 0) is 9.59 Å². The Kier molecular flexibility index (Phi) is 6.20. The molecule has 4 rings (SSSR count). The van der Waals surface area contributed by atoms with E-state index in [1.165, 1.54) is 6.07 Å². The third kappa shape index (κ3) is 4.61. The fourth-order valence-corrected chi connectivity index (χ4v) is 4.53. The highest BCUT2D eigenvalue weighted by molar-refractivity contribution is 8.18. The molecule has 0 atom stereocenters. The molecule has 0 spiro atoms. The molecule has 0 saturated carbocycles. The van der Waals surface area contributed by atoms with Crippen molar-refractivity contribution in [3.63, 3.8) is 0 Å². The van der Waals surface area contributed by atoms with Crippen molar-refractivity contribution in [1.82, 2.24) is 9.47 Å². The number of nitrogens with one attached hydrogen (secondary N) is 1. The van der Waals surface area contributed by atoms with Gasteiger partial charge in [-0.2, -0.15) is 0 Å². The van der Waals surface area contributed by atoms with Crippen LogP contribution in [0.4, 0.5) is 14.9 Å². The molecule has 8 heteroatoms. The maximum atomic E-state index is 14.3. The predicted molar refractivity (Wildman–Crippen MR) is 128 cm³/mol. The summed E-state index contributed by atoms with van der Waals surface area (Å²) in [6, 6.07) is 15.5. The molecular formula is C25H22FN3O3S. The summed E-state index contributed by atoms with van der Waals surface area (Å²) in [5.74, 6) is -1.34. The van der Waals surface area contributed by atoms with Gasteiger partial charge in [-0.15, -0.1) is 0 Å². The van der Waals surface area contributed by atoms with Gasteiger partial charge in [-0.25, -0.2) is 4.39 Å². The Bertz CT molecular complexity index is 1290. The fourth-order valence-electron chi connectivity index (χ4n) is 3.70. The molecule has 33 heavy (non-hydrogen) atoms. The molecule has 6 nitrogen and oxygen atoms in total. The van der Waals surface area contributed by atoms with E-state index >= 15 is 0 Å². The monoisotopic (exact) mass is 463 g/mol. The third-order valence-corrected chi connectivity index (χ3v) is 6.27. The first-order valence-corrected chi connectivity index (χ1v) is 11.1. The zero-order chi connectivity index (χ0) is 23.7. The molecule has 1 fully saturated rings. The molecule has 1 N–H and O–H groups in total. The van der Waals surface area contributed by atoms with Crippen molar-refractivity contribution in [3.05, 3.63) is 87.8 Å². The van der Waals surface area contributed by atoms with Crippen LogP contribution in [-0.4, -0.2) is 33.1 Å². The number of amides is 3. The van der Waals surface area contributed by atoms with E-state index in [0.29, 0.717) is 16.9 Å². The summed E-state index contributed by atoms with van der Waals surface area (Å²) in [6.07, 6.45) is 1.61. The predicted octanol–water partition coefficient (Wildman–Crippen LogP) is 5.22. The van der Waals surface area contributed by atoms with Gasteiger partial charge in [0.25, 0.3) is 11.1 Å². The Labute approximate surface area is 195 Å². The summed E-state index contributed by atoms with van der Waals surface area (Å²) in [7, 11) is 0. The van der Waals surface area contributed by atoms with Crippen molar-refractivity contribution in [2.75, 3.05) is 11.9 Å². The van der Waals surface area contributed by atoms with Gasteiger partial charge in [0.1, 0.15) is 12.4 Å². The quantitative estimate of drug-likeness (QED) is 0.527. The summed E-state index contributed by atoms with van der Waals surface area (Å²) in [4.78, 5) is 38.8. The number of hydrogen-bond donors (Lipinski definition) is 1. The van der Waals surface area contributed by atoms with Gasteiger partial charge < -0.3 is 9.88 Å². The summed E-state index contributed by atoms with van der Waals surface area (Å²) in [6.45, 7) is 5.23. The number of para-hydroxylation sites is 1. The highest BCUT2D eigenvalue weighted by Gasteiger charge is 2.36. The SMILES string of the molecule is Cc1ccc(NC(=O)CN2C(=O)S/C(=C/c3cc(C)n(-c4ccccc4F)c3C)C2=O)cc1. The van der Waals surface area contributed by atoms with E-state index in [-0.39, 0.29) is 17.3 Å². The van der Waals surface area contributed by atoms with Crippen molar-refractivity contribution < 1.29 is 18.8 Å². The van der Waals surface area contributed by atoms with Crippen molar-refractivity contribution in [2.24, 2.45) is 0 Å². The topological polar surface area (TPSA) is 71.4 Å². The third-order valence-electron chi connectivity index (χ3n) is 5.36. The van der Waals surface area contributed by atoms with Crippen molar-refractivity contribution in [2.45, 2.75) is 20.8 Å². The van der Waals surface area contributed by atoms with Gasteiger partial charge in [-0.1, -0.05) is 29.8 Å². The Morgan fingerprint density at radius 3 is 2.45 bits per heavy atom. The number of rotatable bonds is 5. The van der Waals surface area contributed by atoms with E-state index in [0.717, 1.165) is 33.6 Å². The average Bonchev–Trinajstić information content (AvgIpc) is 3.19. The lowest BCUT2D eigenvalue weighted by Gasteiger charge is -2.12. The summed E-state index contributed by atoms with van der Waals surface area (Å²) >= 11 is 0.785.